The van der Waals surface area contributed by atoms with E-state index in [2.05, 4.69) is 0 Å². The highest BCUT2D eigenvalue weighted by Crippen LogP contribution is 2.07. The average Bonchev–Trinajstić information content (AvgIpc) is 2.09. The molecule has 1 rings (SSSR count). The van der Waals surface area contributed by atoms with Gasteiger partial charge in [-0.3, -0.25) is 4.79 Å². The van der Waals surface area contributed by atoms with Crippen LogP contribution >= 0.6 is 0 Å². The number of hydrogen-bond donors (Lipinski definition) is 0. The van der Waals surface area contributed by atoms with E-state index in [-0.39, 0.29) is 18.6 Å². The molecule has 1 amide bonds. The normalized spacial score (nSPS) is 23.8. The van der Waals surface area contributed by atoms with E-state index in [1.54, 1.807) is 4.90 Å². The summed E-state index contributed by atoms with van der Waals surface area (Å²) in [5, 5.41) is 8.68. The Morgan fingerprint density at radius 2 is 2.58 bits per heavy atom. The molecule has 1 aliphatic rings. The van der Waals surface area contributed by atoms with Gasteiger partial charge in [0, 0.05) is 6.54 Å². The van der Waals surface area contributed by atoms with E-state index < -0.39 is 0 Å². The Kier molecular flexibility index (Phi) is 3.06. The number of hydrogen-bond acceptors (Lipinski definition) is 3. The van der Waals surface area contributed by atoms with E-state index in [9.17, 15) is 4.79 Å². The Bertz CT molecular complexity index is 210. The lowest BCUT2D eigenvalue weighted by Crippen LogP contribution is -2.48. The Balaban J connectivity index is 2.61. The first-order chi connectivity index (χ1) is 5.79. The van der Waals surface area contributed by atoms with Gasteiger partial charge in [0.1, 0.15) is 12.6 Å². The highest BCUT2D eigenvalue weighted by atomic mass is 16.5. The van der Waals surface area contributed by atoms with E-state index in [0.717, 1.165) is 6.42 Å². The third-order valence-corrected chi connectivity index (χ3v) is 1.81. The Labute approximate surface area is 71.7 Å². The highest BCUT2D eigenvalue weighted by molar-refractivity contribution is 5.78. The topological polar surface area (TPSA) is 53.3 Å². The minimum absolute atomic E-state index is 0.0744. The van der Waals surface area contributed by atoms with E-state index in [1.807, 2.05) is 13.0 Å². The summed E-state index contributed by atoms with van der Waals surface area (Å²) in [5.74, 6) is -0.0744. The average molecular weight is 168 g/mol. The number of amides is 1. The van der Waals surface area contributed by atoms with Crippen molar-refractivity contribution in [3.63, 3.8) is 0 Å². The van der Waals surface area contributed by atoms with Gasteiger partial charge in [-0.15, -0.1) is 0 Å². The van der Waals surface area contributed by atoms with Crippen molar-refractivity contribution >= 4 is 5.91 Å². The molecule has 1 atom stereocenters. The molecule has 4 heteroatoms. The smallest absolute Gasteiger partial charge is 0.249 e. The van der Waals surface area contributed by atoms with E-state index in [1.165, 1.54) is 0 Å². The second-order valence-corrected chi connectivity index (χ2v) is 2.75. The van der Waals surface area contributed by atoms with Crippen molar-refractivity contribution in [2.45, 2.75) is 19.4 Å². The molecule has 0 spiro atoms. The van der Waals surface area contributed by atoms with Crippen molar-refractivity contribution in [2.24, 2.45) is 0 Å². The fourth-order valence-electron chi connectivity index (χ4n) is 1.23. The Morgan fingerprint density at radius 1 is 1.83 bits per heavy atom. The molecule has 0 bridgehead atoms. The van der Waals surface area contributed by atoms with Crippen LogP contribution in [0.3, 0.4) is 0 Å². The number of ether oxygens (including phenoxy) is 1. The van der Waals surface area contributed by atoms with Gasteiger partial charge in [-0.2, -0.15) is 5.26 Å². The van der Waals surface area contributed by atoms with Crippen LogP contribution in [0.4, 0.5) is 0 Å². The van der Waals surface area contributed by atoms with Crippen LogP contribution in [0.2, 0.25) is 0 Å². The van der Waals surface area contributed by atoms with Crippen molar-refractivity contribution in [1.82, 2.24) is 4.90 Å². The van der Waals surface area contributed by atoms with Gasteiger partial charge >= 0.3 is 0 Å². The summed E-state index contributed by atoms with van der Waals surface area (Å²) in [4.78, 5) is 12.8. The molecular weight excluding hydrogens is 156 g/mol. The number of nitriles is 1. The molecule has 0 aromatic rings. The summed E-state index contributed by atoms with van der Waals surface area (Å²) < 4.78 is 4.95. The van der Waals surface area contributed by atoms with Gasteiger partial charge in [0.05, 0.1) is 12.7 Å². The third kappa shape index (κ3) is 1.74. The van der Waals surface area contributed by atoms with Gasteiger partial charge in [0.15, 0.2) is 0 Å². The Morgan fingerprint density at radius 3 is 3.17 bits per heavy atom. The molecule has 66 valence electrons. The molecule has 0 saturated carbocycles. The minimum Gasteiger partial charge on any atom is -0.368 e. The van der Waals surface area contributed by atoms with E-state index in [0.29, 0.717) is 13.2 Å². The zero-order chi connectivity index (χ0) is 8.97. The fraction of sp³-hybridized carbons (Fsp3) is 0.750. The van der Waals surface area contributed by atoms with E-state index in [4.69, 9.17) is 10.00 Å². The number of nitrogens with zero attached hydrogens (tertiary/aromatic N) is 2. The lowest BCUT2D eigenvalue weighted by molar-refractivity contribution is -0.145. The zero-order valence-electron chi connectivity index (χ0n) is 7.12. The van der Waals surface area contributed by atoms with Gasteiger partial charge in [0.25, 0.3) is 0 Å². The predicted octanol–water partition coefficient (Wildman–Crippen LogP) is 0.147. The molecular formula is C8H12N2O2. The standard InChI is InChI=1S/C8H12N2O2/c1-2-3-10-7(4-9)5-12-6-8(10)11/h7H,2-3,5-6H2,1H3. The first kappa shape index (κ1) is 9.01. The van der Waals surface area contributed by atoms with Crippen LogP contribution in [0.1, 0.15) is 13.3 Å². The predicted molar refractivity (Wildman–Crippen MR) is 42.2 cm³/mol. The van der Waals surface area contributed by atoms with Gasteiger partial charge in [0.2, 0.25) is 5.91 Å². The molecule has 12 heavy (non-hydrogen) atoms. The van der Waals surface area contributed by atoms with Crippen LogP contribution in [0.5, 0.6) is 0 Å². The summed E-state index contributed by atoms with van der Waals surface area (Å²) in [6.45, 7) is 3.11. The van der Waals surface area contributed by atoms with Crippen molar-refractivity contribution < 1.29 is 9.53 Å². The third-order valence-electron chi connectivity index (χ3n) is 1.81. The maximum absolute atomic E-state index is 11.2. The highest BCUT2D eigenvalue weighted by Gasteiger charge is 2.27. The van der Waals surface area contributed by atoms with Crippen molar-refractivity contribution in [2.75, 3.05) is 19.8 Å². The molecule has 0 N–H and O–H groups in total. The minimum atomic E-state index is -0.383. The quantitative estimate of drug-likeness (QED) is 0.589. The van der Waals surface area contributed by atoms with Crippen LogP contribution < -0.4 is 0 Å². The summed E-state index contributed by atoms with van der Waals surface area (Å²) in [5.41, 5.74) is 0. The van der Waals surface area contributed by atoms with Crippen LogP contribution in [-0.2, 0) is 9.53 Å². The molecule has 1 fully saturated rings. The molecule has 0 radical (unpaired) electrons. The molecule has 1 unspecified atom stereocenters. The molecule has 1 aliphatic heterocycles. The van der Waals surface area contributed by atoms with Crippen LogP contribution in [-0.4, -0.2) is 36.6 Å². The molecule has 4 nitrogen and oxygen atoms in total. The second kappa shape index (κ2) is 4.07. The SMILES string of the molecule is CCCN1C(=O)COCC1C#N. The number of carbonyl (C=O) groups is 1. The van der Waals surface area contributed by atoms with Gasteiger partial charge in [-0.1, -0.05) is 6.92 Å². The maximum atomic E-state index is 11.2. The number of morpholine rings is 1. The van der Waals surface area contributed by atoms with Gasteiger partial charge in [-0.25, -0.2) is 0 Å². The molecule has 1 heterocycles. The van der Waals surface area contributed by atoms with Gasteiger partial charge in [-0.05, 0) is 6.42 Å². The summed E-state index contributed by atoms with van der Waals surface area (Å²) in [7, 11) is 0. The van der Waals surface area contributed by atoms with Crippen molar-refractivity contribution in [3.05, 3.63) is 0 Å². The van der Waals surface area contributed by atoms with Crippen molar-refractivity contribution in [1.29, 1.82) is 5.26 Å². The van der Waals surface area contributed by atoms with Crippen LogP contribution in [0.15, 0.2) is 0 Å². The summed E-state index contributed by atoms with van der Waals surface area (Å²) in [6, 6.07) is 1.67. The largest absolute Gasteiger partial charge is 0.368 e. The van der Waals surface area contributed by atoms with Crippen molar-refractivity contribution in [3.8, 4) is 6.07 Å². The fourth-order valence-corrected chi connectivity index (χ4v) is 1.23. The first-order valence-corrected chi connectivity index (χ1v) is 4.06. The Hall–Kier alpha value is -1.08. The summed E-state index contributed by atoms with van der Waals surface area (Å²) >= 11 is 0. The van der Waals surface area contributed by atoms with Gasteiger partial charge < -0.3 is 9.64 Å². The molecule has 0 aromatic heterocycles. The lowest BCUT2D eigenvalue weighted by atomic mass is 10.2. The molecule has 0 aliphatic carbocycles. The molecule has 0 aromatic carbocycles. The first-order valence-electron chi connectivity index (χ1n) is 4.06. The number of rotatable bonds is 2. The number of carbonyl (C=O) groups excluding carboxylic acids is 1. The monoisotopic (exact) mass is 168 g/mol. The second-order valence-electron chi connectivity index (χ2n) is 2.75. The van der Waals surface area contributed by atoms with E-state index >= 15 is 0 Å². The summed E-state index contributed by atoms with van der Waals surface area (Å²) in [6.07, 6.45) is 0.879. The maximum Gasteiger partial charge on any atom is 0.249 e. The zero-order valence-corrected chi connectivity index (χ0v) is 7.12. The van der Waals surface area contributed by atoms with Crippen LogP contribution in [0, 0.1) is 11.3 Å². The van der Waals surface area contributed by atoms with Crippen LogP contribution in [0.25, 0.3) is 0 Å². The molecule has 1 saturated heterocycles. The lowest BCUT2D eigenvalue weighted by Gasteiger charge is -2.30.